The number of sulfonamides is 1. The van der Waals surface area contributed by atoms with Crippen molar-refractivity contribution in [3.05, 3.63) is 35.5 Å². The van der Waals surface area contributed by atoms with Gasteiger partial charge in [0.05, 0.1) is 5.75 Å². The van der Waals surface area contributed by atoms with Gasteiger partial charge in [0.1, 0.15) is 0 Å². The van der Waals surface area contributed by atoms with E-state index in [4.69, 9.17) is 11.6 Å². The van der Waals surface area contributed by atoms with Gasteiger partial charge in [-0.15, -0.1) is 0 Å². The summed E-state index contributed by atoms with van der Waals surface area (Å²) in [5, 5.41) is 1.77. The summed E-state index contributed by atoms with van der Waals surface area (Å²) in [6, 6.07) is 7.68. The Morgan fingerprint density at radius 1 is 1.24 bits per heavy atom. The second kappa shape index (κ2) is 7.29. The van der Waals surface area contributed by atoms with E-state index >= 15 is 0 Å². The van der Waals surface area contributed by atoms with Crippen LogP contribution in [0.15, 0.2) is 30.5 Å². The van der Waals surface area contributed by atoms with E-state index in [1.807, 2.05) is 35.0 Å². The zero-order valence-electron chi connectivity index (χ0n) is 12.2. The summed E-state index contributed by atoms with van der Waals surface area (Å²) >= 11 is 5.95. The molecule has 0 saturated heterocycles. The lowest BCUT2D eigenvalue weighted by atomic mass is 10.2. The maximum Gasteiger partial charge on any atom is 0.211 e. The Morgan fingerprint density at radius 2 is 2.05 bits per heavy atom. The average molecular weight is 329 g/mol. The lowest BCUT2D eigenvalue weighted by Gasteiger charge is -2.08. The van der Waals surface area contributed by atoms with Crippen LogP contribution in [-0.2, 0) is 16.6 Å². The largest absolute Gasteiger partial charge is 0.346 e. The van der Waals surface area contributed by atoms with Crippen LogP contribution in [0.4, 0.5) is 0 Å². The number of rotatable bonds is 8. The predicted octanol–water partition coefficient (Wildman–Crippen LogP) is 3.40. The standard InChI is InChI=1S/C15H21ClN2O2S/c1-2-3-4-11-21(19,20)17-8-10-18-9-7-13-12-14(16)5-6-15(13)18/h5-7,9,12,17H,2-4,8,10-11H2,1H3. The molecule has 0 radical (unpaired) electrons. The van der Waals surface area contributed by atoms with Gasteiger partial charge >= 0.3 is 0 Å². The molecule has 0 bridgehead atoms. The highest BCUT2D eigenvalue weighted by Crippen LogP contribution is 2.20. The van der Waals surface area contributed by atoms with Gasteiger partial charge in [-0.05, 0) is 30.7 Å². The molecule has 1 N–H and O–H groups in total. The van der Waals surface area contributed by atoms with E-state index in [2.05, 4.69) is 11.6 Å². The molecule has 1 aromatic heterocycles. The molecule has 4 nitrogen and oxygen atoms in total. The molecule has 0 aliphatic heterocycles. The van der Waals surface area contributed by atoms with Crippen LogP contribution >= 0.6 is 11.6 Å². The minimum Gasteiger partial charge on any atom is -0.346 e. The van der Waals surface area contributed by atoms with E-state index in [-0.39, 0.29) is 5.75 Å². The van der Waals surface area contributed by atoms with Crippen molar-refractivity contribution in [1.29, 1.82) is 0 Å². The third-order valence-electron chi connectivity index (χ3n) is 3.42. The summed E-state index contributed by atoms with van der Waals surface area (Å²) in [5.74, 6) is 0.211. The fourth-order valence-corrected chi connectivity index (χ4v) is 3.61. The quantitative estimate of drug-likeness (QED) is 0.755. The van der Waals surface area contributed by atoms with Crippen molar-refractivity contribution >= 4 is 32.5 Å². The molecule has 0 aliphatic carbocycles. The number of hydrogen-bond acceptors (Lipinski definition) is 2. The molecule has 0 atom stereocenters. The molecule has 0 unspecified atom stereocenters. The zero-order valence-corrected chi connectivity index (χ0v) is 13.8. The molecule has 116 valence electrons. The van der Waals surface area contributed by atoms with Gasteiger partial charge in [-0.1, -0.05) is 31.4 Å². The fourth-order valence-electron chi connectivity index (χ4n) is 2.30. The van der Waals surface area contributed by atoms with Gasteiger partial charge in [-0.2, -0.15) is 0 Å². The number of nitrogens with zero attached hydrogens (tertiary/aromatic N) is 1. The van der Waals surface area contributed by atoms with E-state index in [1.165, 1.54) is 0 Å². The number of unbranched alkanes of at least 4 members (excludes halogenated alkanes) is 2. The number of halogens is 1. The second-order valence-corrected chi connectivity index (χ2v) is 7.50. The van der Waals surface area contributed by atoms with Crippen molar-refractivity contribution in [3.63, 3.8) is 0 Å². The molecule has 1 aromatic carbocycles. The van der Waals surface area contributed by atoms with Gasteiger partial charge in [0.2, 0.25) is 10.0 Å². The third-order valence-corrected chi connectivity index (χ3v) is 5.13. The van der Waals surface area contributed by atoms with Crippen LogP contribution in [0.1, 0.15) is 26.2 Å². The summed E-state index contributed by atoms with van der Waals surface area (Å²) in [5.41, 5.74) is 1.06. The second-order valence-electron chi connectivity index (χ2n) is 5.13. The Hall–Kier alpha value is -1.04. The zero-order chi connectivity index (χ0) is 15.3. The molecule has 1 heterocycles. The van der Waals surface area contributed by atoms with E-state index < -0.39 is 10.0 Å². The van der Waals surface area contributed by atoms with E-state index in [0.29, 0.717) is 18.1 Å². The van der Waals surface area contributed by atoms with Crippen molar-refractivity contribution in [2.24, 2.45) is 0 Å². The fraction of sp³-hybridized carbons (Fsp3) is 0.467. The van der Waals surface area contributed by atoms with E-state index in [1.54, 1.807) is 0 Å². The lowest BCUT2D eigenvalue weighted by Crippen LogP contribution is -2.29. The highest BCUT2D eigenvalue weighted by atomic mass is 35.5. The Morgan fingerprint density at radius 3 is 2.81 bits per heavy atom. The first-order valence-electron chi connectivity index (χ1n) is 7.23. The van der Waals surface area contributed by atoms with Gasteiger partial charge < -0.3 is 4.57 Å². The molecule has 0 spiro atoms. The van der Waals surface area contributed by atoms with Gasteiger partial charge in [-0.25, -0.2) is 13.1 Å². The highest BCUT2D eigenvalue weighted by Gasteiger charge is 2.09. The number of aromatic nitrogens is 1. The SMILES string of the molecule is CCCCCS(=O)(=O)NCCn1ccc2cc(Cl)ccc21. The number of fused-ring (bicyclic) bond motifs is 1. The first-order valence-corrected chi connectivity index (χ1v) is 9.26. The highest BCUT2D eigenvalue weighted by molar-refractivity contribution is 7.89. The Bertz CT molecular complexity index is 695. The minimum atomic E-state index is -3.15. The van der Waals surface area contributed by atoms with Crippen LogP contribution in [0.5, 0.6) is 0 Å². The average Bonchev–Trinajstić information content (AvgIpc) is 2.81. The van der Waals surface area contributed by atoms with Crippen LogP contribution in [-0.4, -0.2) is 25.3 Å². The first-order chi connectivity index (χ1) is 10.0. The number of benzene rings is 1. The number of hydrogen-bond donors (Lipinski definition) is 1. The van der Waals surface area contributed by atoms with Crippen LogP contribution in [0, 0.1) is 0 Å². The van der Waals surface area contributed by atoms with Crippen molar-refractivity contribution < 1.29 is 8.42 Å². The molecule has 2 aromatic rings. The van der Waals surface area contributed by atoms with Crippen molar-refractivity contribution in [1.82, 2.24) is 9.29 Å². The van der Waals surface area contributed by atoms with E-state index in [0.717, 1.165) is 30.2 Å². The van der Waals surface area contributed by atoms with Crippen LogP contribution in [0.3, 0.4) is 0 Å². The van der Waals surface area contributed by atoms with Crippen molar-refractivity contribution in [2.75, 3.05) is 12.3 Å². The Balaban J connectivity index is 1.90. The lowest BCUT2D eigenvalue weighted by molar-refractivity contribution is 0.570. The van der Waals surface area contributed by atoms with Crippen molar-refractivity contribution in [3.8, 4) is 0 Å². The van der Waals surface area contributed by atoms with Gasteiger partial charge in [-0.3, -0.25) is 0 Å². The molecule has 0 saturated carbocycles. The normalized spacial score (nSPS) is 12.1. The minimum absolute atomic E-state index is 0.211. The topological polar surface area (TPSA) is 51.1 Å². The summed E-state index contributed by atoms with van der Waals surface area (Å²) in [6.45, 7) is 3.07. The Kier molecular flexibility index (Phi) is 5.67. The van der Waals surface area contributed by atoms with Crippen LogP contribution in [0.2, 0.25) is 5.02 Å². The van der Waals surface area contributed by atoms with E-state index in [9.17, 15) is 8.42 Å². The summed E-state index contributed by atoms with van der Waals surface area (Å²) in [7, 11) is -3.15. The number of nitrogens with one attached hydrogen (secondary N) is 1. The Labute approximate surface area is 131 Å². The van der Waals surface area contributed by atoms with Crippen molar-refractivity contribution in [2.45, 2.75) is 32.7 Å². The monoisotopic (exact) mass is 328 g/mol. The van der Waals surface area contributed by atoms with Gasteiger partial charge in [0, 0.05) is 35.2 Å². The van der Waals surface area contributed by atoms with Gasteiger partial charge in [0.15, 0.2) is 0 Å². The predicted molar refractivity (Wildman–Crippen MR) is 88.3 cm³/mol. The molecule has 0 aliphatic rings. The smallest absolute Gasteiger partial charge is 0.211 e. The van der Waals surface area contributed by atoms with Crippen LogP contribution < -0.4 is 4.72 Å². The third kappa shape index (κ3) is 4.73. The molecule has 0 amide bonds. The molecule has 2 rings (SSSR count). The maximum atomic E-state index is 11.8. The van der Waals surface area contributed by atoms with Crippen LogP contribution in [0.25, 0.3) is 10.9 Å². The van der Waals surface area contributed by atoms with Gasteiger partial charge in [0.25, 0.3) is 0 Å². The molecule has 0 fully saturated rings. The summed E-state index contributed by atoms with van der Waals surface area (Å²) in [4.78, 5) is 0. The maximum absolute atomic E-state index is 11.8. The summed E-state index contributed by atoms with van der Waals surface area (Å²) in [6.07, 6.45) is 4.64. The summed E-state index contributed by atoms with van der Waals surface area (Å²) < 4.78 is 28.3. The molecular weight excluding hydrogens is 308 g/mol. The molecule has 6 heteroatoms. The first kappa shape index (κ1) is 16.3. The molecule has 21 heavy (non-hydrogen) atoms. The molecular formula is C15H21ClN2O2S.